The molecular weight excluding hydrogens is 297 g/mol. The second-order valence-electron chi connectivity index (χ2n) is 4.27. The van der Waals surface area contributed by atoms with Crippen LogP contribution in [0.2, 0.25) is 5.02 Å². The standard InChI is InChI=1S/C15H11ClFNO3/c16-11-3-7-13(8-4-11)18(9-14(19)20)15(21)10-1-5-12(17)6-2-10/h1-8H,9H2,(H,19,20). The number of anilines is 1. The summed E-state index contributed by atoms with van der Waals surface area (Å²) in [5, 5.41) is 9.43. The predicted molar refractivity (Wildman–Crippen MR) is 77.2 cm³/mol. The summed E-state index contributed by atoms with van der Waals surface area (Å²) < 4.78 is 12.9. The number of benzene rings is 2. The molecule has 0 heterocycles. The monoisotopic (exact) mass is 307 g/mol. The molecular formula is C15H11ClFNO3. The van der Waals surface area contributed by atoms with Gasteiger partial charge in [-0.15, -0.1) is 0 Å². The van der Waals surface area contributed by atoms with Crippen molar-refractivity contribution < 1.29 is 19.1 Å². The number of hydrogen-bond donors (Lipinski definition) is 1. The zero-order valence-electron chi connectivity index (χ0n) is 10.8. The molecule has 0 spiro atoms. The minimum Gasteiger partial charge on any atom is -0.480 e. The maximum Gasteiger partial charge on any atom is 0.323 e. The largest absolute Gasteiger partial charge is 0.480 e. The summed E-state index contributed by atoms with van der Waals surface area (Å²) >= 11 is 5.77. The number of halogens is 2. The highest BCUT2D eigenvalue weighted by Crippen LogP contribution is 2.20. The first kappa shape index (κ1) is 15.0. The first-order valence-corrected chi connectivity index (χ1v) is 6.40. The fourth-order valence-electron chi connectivity index (χ4n) is 1.78. The molecule has 0 aromatic heterocycles. The van der Waals surface area contributed by atoms with Gasteiger partial charge >= 0.3 is 5.97 Å². The molecule has 1 amide bonds. The molecule has 0 fully saturated rings. The maximum absolute atomic E-state index is 12.9. The third-order valence-electron chi connectivity index (χ3n) is 2.77. The zero-order chi connectivity index (χ0) is 15.4. The van der Waals surface area contributed by atoms with E-state index in [2.05, 4.69) is 0 Å². The maximum atomic E-state index is 12.9. The summed E-state index contributed by atoms with van der Waals surface area (Å²) in [5.41, 5.74) is 0.601. The van der Waals surface area contributed by atoms with Gasteiger partial charge in [0.25, 0.3) is 5.91 Å². The molecule has 0 saturated heterocycles. The van der Waals surface area contributed by atoms with Gasteiger partial charge in [0.15, 0.2) is 0 Å². The second-order valence-corrected chi connectivity index (χ2v) is 4.70. The Morgan fingerprint density at radius 1 is 1.05 bits per heavy atom. The third kappa shape index (κ3) is 3.79. The van der Waals surface area contributed by atoms with Crippen LogP contribution in [0.3, 0.4) is 0 Å². The lowest BCUT2D eigenvalue weighted by Crippen LogP contribution is -2.35. The van der Waals surface area contributed by atoms with Gasteiger partial charge in [-0.05, 0) is 48.5 Å². The third-order valence-corrected chi connectivity index (χ3v) is 3.02. The second kappa shape index (κ2) is 6.37. The van der Waals surface area contributed by atoms with Crippen molar-refractivity contribution in [2.24, 2.45) is 0 Å². The van der Waals surface area contributed by atoms with Crippen LogP contribution in [0.4, 0.5) is 10.1 Å². The fraction of sp³-hybridized carbons (Fsp3) is 0.0667. The fourth-order valence-corrected chi connectivity index (χ4v) is 1.91. The van der Waals surface area contributed by atoms with E-state index in [0.717, 1.165) is 17.0 Å². The number of carboxylic acid groups (broad SMARTS) is 1. The first-order chi connectivity index (χ1) is 9.97. The molecule has 0 atom stereocenters. The molecule has 0 aliphatic heterocycles. The molecule has 1 N–H and O–H groups in total. The highest BCUT2D eigenvalue weighted by Gasteiger charge is 2.20. The van der Waals surface area contributed by atoms with Gasteiger partial charge in [-0.25, -0.2) is 4.39 Å². The molecule has 2 aromatic rings. The van der Waals surface area contributed by atoms with E-state index in [1.807, 2.05) is 0 Å². The van der Waals surface area contributed by atoms with Crippen molar-refractivity contribution in [1.82, 2.24) is 0 Å². The van der Waals surface area contributed by atoms with Crippen molar-refractivity contribution >= 4 is 29.2 Å². The van der Waals surface area contributed by atoms with Crippen molar-refractivity contribution in [3.8, 4) is 0 Å². The number of amides is 1. The summed E-state index contributed by atoms with van der Waals surface area (Å²) in [6, 6.07) is 11.1. The number of carbonyl (C=O) groups excluding carboxylic acids is 1. The van der Waals surface area contributed by atoms with Gasteiger partial charge in [0.05, 0.1) is 0 Å². The Kier molecular flexibility index (Phi) is 4.55. The van der Waals surface area contributed by atoms with Crippen LogP contribution in [0.15, 0.2) is 48.5 Å². The SMILES string of the molecule is O=C(O)CN(C(=O)c1ccc(F)cc1)c1ccc(Cl)cc1. The van der Waals surface area contributed by atoms with Crippen molar-refractivity contribution in [3.63, 3.8) is 0 Å². The summed E-state index contributed by atoms with van der Waals surface area (Å²) in [4.78, 5) is 24.4. The van der Waals surface area contributed by atoms with Crippen LogP contribution < -0.4 is 4.90 Å². The molecule has 2 rings (SSSR count). The summed E-state index contributed by atoms with van der Waals surface area (Å²) in [6.07, 6.45) is 0. The number of nitrogens with zero attached hydrogens (tertiary/aromatic N) is 1. The molecule has 6 heteroatoms. The molecule has 4 nitrogen and oxygen atoms in total. The minimum absolute atomic E-state index is 0.201. The Morgan fingerprint density at radius 3 is 2.14 bits per heavy atom. The summed E-state index contributed by atoms with van der Waals surface area (Å²) in [7, 11) is 0. The Hall–Kier alpha value is -2.40. The van der Waals surface area contributed by atoms with Gasteiger partial charge in [0.1, 0.15) is 12.4 Å². The highest BCUT2D eigenvalue weighted by molar-refractivity contribution is 6.30. The number of hydrogen-bond acceptors (Lipinski definition) is 2. The van der Waals surface area contributed by atoms with Crippen LogP contribution in [0.1, 0.15) is 10.4 Å². The normalized spacial score (nSPS) is 10.2. The molecule has 0 aliphatic carbocycles. The van der Waals surface area contributed by atoms with E-state index in [1.54, 1.807) is 24.3 Å². The van der Waals surface area contributed by atoms with Crippen LogP contribution in [0, 0.1) is 5.82 Å². The number of carboxylic acids is 1. The molecule has 0 aliphatic rings. The molecule has 21 heavy (non-hydrogen) atoms. The lowest BCUT2D eigenvalue weighted by Gasteiger charge is -2.21. The van der Waals surface area contributed by atoms with Crippen LogP contribution >= 0.6 is 11.6 Å². The van der Waals surface area contributed by atoms with Gasteiger partial charge < -0.3 is 5.11 Å². The smallest absolute Gasteiger partial charge is 0.323 e. The Morgan fingerprint density at radius 2 is 1.62 bits per heavy atom. The first-order valence-electron chi connectivity index (χ1n) is 6.02. The average Bonchev–Trinajstić information content (AvgIpc) is 2.46. The quantitative estimate of drug-likeness (QED) is 0.943. The summed E-state index contributed by atoms with van der Waals surface area (Å²) in [5.74, 6) is -2.15. The van der Waals surface area contributed by atoms with E-state index < -0.39 is 24.2 Å². The molecule has 0 bridgehead atoms. The van der Waals surface area contributed by atoms with Crippen LogP contribution in [0.25, 0.3) is 0 Å². The molecule has 0 saturated carbocycles. The van der Waals surface area contributed by atoms with Crippen LogP contribution in [0.5, 0.6) is 0 Å². The lowest BCUT2D eigenvalue weighted by molar-refractivity contribution is -0.135. The van der Waals surface area contributed by atoms with E-state index in [4.69, 9.17) is 16.7 Å². The lowest BCUT2D eigenvalue weighted by atomic mass is 10.1. The van der Waals surface area contributed by atoms with Crippen molar-refractivity contribution in [3.05, 3.63) is 64.9 Å². The van der Waals surface area contributed by atoms with Gasteiger partial charge in [-0.2, -0.15) is 0 Å². The van der Waals surface area contributed by atoms with E-state index >= 15 is 0 Å². The Balaban J connectivity index is 2.35. The van der Waals surface area contributed by atoms with Gasteiger partial charge in [-0.1, -0.05) is 11.6 Å². The van der Waals surface area contributed by atoms with Gasteiger partial charge in [0, 0.05) is 16.3 Å². The molecule has 0 radical (unpaired) electrons. The molecule has 0 unspecified atom stereocenters. The van der Waals surface area contributed by atoms with Gasteiger partial charge in [-0.3, -0.25) is 14.5 Å². The topological polar surface area (TPSA) is 57.6 Å². The number of aliphatic carboxylic acids is 1. The van der Waals surface area contributed by atoms with Gasteiger partial charge in [0.2, 0.25) is 0 Å². The van der Waals surface area contributed by atoms with Crippen molar-refractivity contribution in [2.45, 2.75) is 0 Å². The Labute approximate surface area is 125 Å². The van der Waals surface area contributed by atoms with Crippen molar-refractivity contribution in [2.75, 3.05) is 11.4 Å². The van der Waals surface area contributed by atoms with Crippen molar-refractivity contribution in [1.29, 1.82) is 0 Å². The van der Waals surface area contributed by atoms with E-state index in [1.165, 1.54) is 12.1 Å². The molecule has 2 aromatic carbocycles. The minimum atomic E-state index is -1.15. The van der Waals surface area contributed by atoms with E-state index in [0.29, 0.717) is 10.7 Å². The van der Waals surface area contributed by atoms with E-state index in [9.17, 15) is 14.0 Å². The number of rotatable bonds is 4. The highest BCUT2D eigenvalue weighted by atomic mass is 35.5. The number of carbonyl (C=O) groups is 2. The molecule has 108 valence electrons. The Bertz CT molecular complexity index is 656. The summed E-state index contributed by atoms with van der Waals surface area (Å²) in [6.45, 7) is -0.502. The van der Waals surface area contributed by atoms with Crippen LogP contribution in [-0.2, 0) is 4.79 Å². The van der Waals surface area contributed by atoms with Crippen LogP contribution in [-0.4, -0.2) is 23.5 Å². The zero-order valence-corrected chi connectivity index (χ0v) is 11.5. The average molecular weight is 308 g/mol. The van der Waals surface area contributed by atoms with E-state index in [-0.39, 0.29) is 5.56 Å². The predicted octanol–water partition coefficient (Wildman–Crippen LogP) is 3.21.